The van der Waals surface area contributed by atoms with Gasteiger partial charge in [0.15, 0.2) is 5.65 Å². The molecule has 0 spiro atoms. The number of aromatic amines is 1. The Balaban J connectivity index is 1.97. The van der Waals surface area contributed by atoms with E-state index in [0.29, 0.717) is 11.2 Å². The molecule has 0 fully saturated rings. The van der Waals surface area contributed by atoms with Gasteiger partial charge in [0.05, 0.1) is 11.9 Å². The van der Waals surface area contributed by atoms with Crippen LogP contribution in [-0.4, -0.2) is 31.0 Å². The maximum atomic E-state index is 13.5. The molecule has 1 aromatic carbocycles. The Bertz CT molecular complexity index is 802. The van der Waals surface area contributed by atoms with Gasteiger partial charge in [-0.2, -0.15) is 4.98 Å². The summed E-state index contributed by atoms with van der Waals surface area (Å²) in [6.45, 7) is 0. The Hall–Kier alpha value is -3.03. The number of carboxylic acid groups (broad SMARTS) is 1. The van der Waals surface area contributed by atoms with Crippen LogP contribution in [0.1, 0.15) is 10.4 Å². The van der Waals surface area contributed by atoms with Gasteiger partial charge in [0.2, 0.25) is 5.88 Å². The first-order valence-corrected chi connectivity index (χ1v) is 5.50. The summed E-state index contributed by atoms with van der Waals surface area (Å²) in [4.78, 5) is 25.3. The van der Waals surface area contributed by atoms with Gasteiger partial charge in [-0.1, -0.05) is 0 Å². The predicted octanol–water partition coefficient (Wildman–Crippen LogP) is 1.98. The van der Waals surface area contributed by atoms with Crippen molar-refractivity contribution < 1.29 is 19.0 Å². The molecule has 0 bridgehead atoms. The molecule has 3 rings (SSSR count). The molecule has 0 saturated heterocycles. The molecule has 0 unspecified atom stereocenters. The first kappa shape index (κ1) is 12.0. The van der Waals surface area contributed by atoms with Crippen molar-refractivity contribution >= 4 is 17.1 Å². The lowest BCUT2D eigenvalue weighted by Crippen LogP contribution is -2.00. The summed E-state index contributed by atoms with van der Waals surface area (Å²) in [6, 6.07) is 3.45. The molecular formula is C12H7FN4O3. The van der Waals surface area contributed by atoms with Crippen LogP contribution in [-0.2, 0) is 0 Å². The van der Waals surface area contributed by atoms with Crippen LogP contribution in [0.5, 0.6) is 11.6 Å². The Morgan fingerprint density at radius 3 is 2.90 bits per heavy atom. The number of carboxylic acids is 1. The predicted molar refractivity (Wildman–Crippen MR) is 65.1 cm³/mol. The number of fused-ring (bicyclic) bond motifs is 1. The summed E-state index contributed by atoms with van der Waals surface area (Å²) in [5.74, 6) is -1.92. The summed E-state index contributed by atoms with van der Waals surface area (Å²) in [6.07, 6.45) is 2.70. The summed E-state index contributed by atoms with van der Waals surface area (Å²) >= 11 is 0. The summed E-state index contributed by atoms with van der Waals surface area (Å²) in [5.41, 5.74) is 0.458. The molecule has 3 aromatic rings. The van der Waals surface area contributed by atoms with Crippen LogP contribution in [0, 0.1) is 5.82 Å². The number of aromatic carboxylic acids is 1. The Morgan fingerprint density at radius 1 is 1.30 bits per heavy atom. The minimum atomic E-state index is -1.34. The number of carbonyl (C=O) groups is 1. The number of nitrogens with zero attached hydrogens (tertiary/aromatic N) is 3. The molecule has 0 atom stereocenters. The van der Waals surface area contributed by atoms with Crippen molar-refractivity contribution in [2.75, 3.05) is 0 Å². The standard InChI is InChI=1S/C12H7FN4O3/c13-8-3-6(1-2-7(8)12(18)19)20-11-9-10(15-4-14-9)16-5-17-11/h1-5H,(H,18,19)(H,14,15,16,17). The highest BCUT2D eigenvalue weighted by atomic mass is 19.1. The van der Waals surface area contributed by atoms with E-state index in [2.05, 4.69) is 19.9 Å². The van der Waals surface area contributed by atoms with Crippen molar-refractivity contribution in [3.8, 4) is 11.6 Å². The van der Waals surface area contributed by atoms with Gasteiger partial charge < -0.3 is 14.8 Å². The van der Waals surface area contributed by atoms with Crippen LogP contribution >= 0.6 is 0 Å². The van der Waals surface area contributed by atoms with E-state index in [4.69, 9.17) is 9.84 Å². The highest BCUT2D eigenvalue weighted by Gasteiger charge is 2.13. The third-order valence-corrected chi connectivity index (χ3v) is 2.57. The zero-order valence-corrected chi connectivity index (χ0v) is 9.87. The zero-order chi connectivity index (χ0) is 14.1. The molecule has 0 amide bonds. The van der Waals surface area contributed by atoms with Crippen molar-refractivity contribution in [1.82, 2.24) is 19.9 Å². The molecule has 20 heavy (non-hydrogen) atoms. The van der Waals surface area contributed by atoms with Crippen LogP contribution in [0.3, 0.4) is 0 Å². The summed E-state index contributed by atoms with van der Waals surface area (Å²) in [7, 11) is 0. The van der Waals surface area contributed by atoms with Crippen LogP contribution < -0.4 is 4.74 Å². The van der Waals surface area contributed by atoms with Crippen molar-refractivity contribution in [3.05, 3.63) is 42.2 Å². The quantitative estimate of drug-likeness (QED) is 0.757. The Labute approximate surface area is 111 Å². The molecule has 8 heteroatoms. The van der Waals surface area contributed by atoms with Gasteiger partial charge in [-0.3, -0.25) is 0 Å². The van der Waals surface area contributed by atoms with E-state index in [9.17, 15) is 9.18 Å². The number of hydrogen-bond donors (Lipinski definition) is 2. The molecule has 0 radical (unpaired) electrons. The van der Waals surface area contributed by atoms with E-state index in [1.807, 2.05) is 0 Å². The average Bonchev–Trinajstić information content (AvgIpc) is 2.87. The number of rotatable bonds is 3. The number of imidazole rings is 1. The molecule has 7 nitrogen and oxygen atoms in total. The number of hydrogen-bond acceptors (Lipinski definition) is 5. The number of aromatic nitrogens is 4. The van der Waals surface area contributed by atoms with Crippen LogP contribution in [0.2, 0.25) is 0 Å². The smallest absolute Gasteiger partial charge is 0.338 e. The van der Waals surface area contributed by atoms with Gasteiger partial charge in [-0.25, -0.2) is 19.2 Å². The summed E-state index contributed by atoms with van der Waals surface area (Å²) in [5, 5.41) is 8.75. The third kappa shape index (κ3) is 2.03. The van der Waals surface area contributed by atoms with E-state index >= 15 is 0 Å². The van der Waals surface area contributed by atoms with Crippen molar-refractivity contribution in [2.45, 2.75) is 0 Å². The number of nitrogens with one attached hydrogen (secondary N) is 1. The highest BCUT2D eigenvalue weighted by molar-refractivity contribution is 5.88. The minimum Gasteiger partial charge on any atom is -0.478 e. The van der Waals surface area contributed by atoms with Crippen molar-refractivity contribution in [3.63, 3.8) is 0 Å². The van der Waals surface area contributed by atoms with Gasteiger partial charge in [-0.15, -0.1) is 0 Å². The lowest BCUT2D eigenvalue weighted by Gasteiger charge is -2.06. The molecule has 2 aromatic heterocycles. The molecule has 2 N–H and O–H groups in total. The summed E-state index contributed by atoms with van der Waals surface area (Å²) < 4.78 is 19.0. The molecule has 2 heterocycles. The Kier molecular flexibility index (Phi) is 2.75. The number of halogens is 1. The Morgan fingerprint density at radius 2 is 2.15 bits per heavy atom. The van der Waals surface area contributed by atoms with Crippen LogP contribution in [0.15, 0.2) is 30.9 Å². The fourth-order valence-corrected chi connectivity index (χ4v) is 1.66. The topological polar surface area (TPSA) is 101 Å². The average molecular weight is 274 g/mol. The van der Waals surface area contributed by atoms with Gasteiger partial charge in [0, 0.05) is 6.07 Å². The number of benzene rings is 1. The van der Waals surface area contributed by atoms with Gasteiger partial charge >= 0.3 is 5.97 Å². The van der Waals surface area contributed by atoms with Gasteiger partial charge in [0.1, 0.15) is 23.4 Å². The fourth-order valence-electron chi connectivity index (χ4n) is 1.66. The second-order valence-electron chi connectivity index (χ2n) is 3.83. The molecule has 0 aliphatic heterocycles. The third-order valence-electron chi connectivity index (χ3n) is 2.57. The lowest BCUT2D eigenvalue weighted by atomic mass is 10.2. The second-order valence-corrected chi connectivity index (χ2v) is 3.83. The zero-order valence-electron chi connectivity index (χ0n) is 9.87. The number of H-pyrrole nitrogens is 1. The highest BCUT2D eigenvalue weighted by Crippen LogP contribution is 2.25. The molecule has 100 valence electrons. The molecular weight excluding hydrogens is 267 g/mol. The molecule has 0 aliphatic rings. The van der Waals surface area contributed by atoms with Crippen molar-refractivity contribution in [2.24, 2.45) is 0 Å². The van der Waals surface area contributed by atoms with Crippen LogP contribution in [0.25, 0.3) is 11.2 Å². The van der Waals surface area contributed by atoms with Crippen LogP contribution in [0.4, 0.5) is 4.39 Å². The second kappa shape index (κ2) is 4.57. The van der Waals surface area contributed by atoms with Crippen molar-refractivity contribution in [1.29, 1.82) is 0 Å². The maximum Gasteiger partial charge on any atom is 0.338 e. The fraction of sp³-hybridized carbons (Fsp3) is 0. The van der Waals surface area contributed by atoms with E-state index in [0.717, 1.165) is 12.1 Å². The first-order valence-electron chi connectivity index (χ1n) is 5.50. The van der Waals surface area contributed by atoms with Gasteiger partial charge in [0.25, 0.3) is 0 Å². The maximum absolute atomic E-state index is 13.5. The minimum absolute atomic E-state index is 0.127. The van der Waals surface area contributed by atoms with Gasteiger partial charge in [-0.05, 0) is 12.1 Å². The number of ether oxygens (including phenoxy) is 1. The normalized spacial score (nSPS) is 10.7. The van der Waals surface area contributed by atoms with E-state index in [1.165, 1.54) is 18.7 Å². The molecule has 0 saturated carbocycles. The van der Waals surface area contributed by atoms with E-state index in [1.54, 1.807) is 0 Å². The van der Waals surface area contributed by atoms with E-state index < -0.39 is 17.3 Å². The lowest BCUT2D eigenvalue weighted by molar-refractivity contribution is 0.0692. The monoisotopic (exact) mass is 274 g/mol. The van der Waals surface area contributed by atoms with E-state index in [-0.39, 0.29) is 11.6 Å². The largest absolute Gasteiger partial charge is 0.478 e. The SMILES string of the molecule is O=C(O)c1ccc(Oc2ncnc3nc[nH]c23)cc1F. The first-order chi connectivity index (χ1) is 9.65. The molecule has 0 aliphatic carbocycles.